The molecule has 0 spiro atoms. The minimum atomic E-state index is -0.0604. The van der Waals surface area contributed by atoms with Crippen LogP contribution in [-0.4, -0.2) is 23.0 Å². The Morgan fingerprint density at radius 1 is 1.59 bits per heavy atom. The van der Waals surface area contributed by atoms with Crippen LogP contribution in [0.5, 0.6) is 0 Å². The fraction of sp³-hybridized carbons (Fsp3) is 0.500. The Kier molecular flexibility index (Phi) is 3.38. The van der Waals surface area contributed by atoms with Crippen molar-refractivity contribution >= 4 is 27.7 Å². The molecule has 4 nitrogen and oxygen atoms in total. The Bertz CT molecular complexity index is 443. The van der Waals surface area contributed by atoms with E-state index < -0.39 is 0 Å². The van der Waals surface area contributed by atoms with Crippen LogP contribution < -0.4 is 10.6 Å². The zero-order chi connectivity index (χ0) is 12.5. The molecular weight excluding hydrogens is 282 g/mol. The third-order valence-corrected chi connectivity index (χ3v) is 3.29. The fourth-order valence-corrected chi connectivity index (χ4v) is 1.91. The highest BCUT2D eigenvalue weighted by Gasteiger charge is 2.39. The van der Waals surface area contributed by atoms with E-state index in [9.17, 15) is 4.79 Å². The van der Waals surface area contributed by atoms with Crippen molar-refractivity contribution in [2.24, 2.45) is 0 Å². The van der Waals surface area contributed by atoms with Gasteiger partial charge >= 0.3 is 0 Å². The molecule has 0 unspecified atom stereocenters. The Hall–Kier alpha value is -1.10. The molecule has 92 valence electrons. The zero-order valence-corrected chi connectivity index (χ0v) is 11.6. The first-order valence-corrected chi connectivity index (χ1v) is 6.55. The summed E-state index contributed by atoms with van der Waals surface area (Å²) < 4.78 is 0.810. The van der Waals surface area contributed by atoms with E-state index in [4.69, 9.17) is 0 Å². The summed E-state index contributed by atoms with van der Waals surface area (Å²) in [5.74, 6) is 0.576. The Morgan fingerprint density at radius 2 is 2.29 bits per heavy atom. The number of halogens is 1. The summed E-state index contributed by atoms with van der Waals surface area (Å²) in [4.78, 5) is 16.4. The zero-order valence-electron chi connectivity index (χ0n) is 10.0. The highest BCUT2D eigenvalue weighted by atomic mass is 79.9. The van der Waals surface area contributed by atoms with E-state index in [2.05, 4.69) is 38.5 Å². The number of nitrogens with zero attached hydrogens (tertiary/aromatic N) is 1. The molecule has 0 aromatic carbocycles. The quantitative estimate of drug-likeness (QED) is 0.898. The normalized spacial score (nSPS) is 16.4. The number of carbonyl (C=O) groups excluding carboxylic acids is 1. The van der Waals surface area contributed by atoms with Gasteiger partial charge in [0.2, 0.25) is 0 Å². The van der Waals surface area contributed by atoms with Gasteiger partial charge < -0.3 is 10.6 Å². The van der Waals surface area contributed by atoms with Gasteiger partial charge in [0.05, 0.1) is 5.56 Å². The van der Waals surface area contributed by atoms with E-state index in [0.717, 1.165) is 23.9 Å². The lowest BCUT2D eigenvalue weighted by Crippen LogP contribution is -2.34. The minimum Gasteiger partial charge on any atom is -0.370 e. The summed E-state index contributed by atoms with van der Waals surface area (Å²) in [7, 11) is 0. The summed E-state index contributed by atoms with van der Waals surface area (Å²) in [5.41, 5.74) is 0.581. The maximum Gasteiger partial charge on any atom is 0.255 e. The Labute approximate surface area is 109 Å². The number of nitrogens with one attached hydrogen (secondary N) is 2. The van der Waals surface area contributed by atoms with Gasteiger partial charge in [-0.15, -0.1) is 0 Å². The number of anilines is 1. The molecule has 1 aromatic heterocycles. The van der Waals surface area contributed by atoms with Gasteiger partial charge in [-0.05, 0) is 48.7 Å². The molecule has 1 amide bonds. The molecule has 0 radical (unpaired) electrons. The molecule has 1 saturated carbocycles. The Morgan fingerprint density at radius 3 is 2.88 bits per heavy atom. The lowest BCUT2D eigenvalue weighted by atomic mass is 10.2. The molecule has 0 atom stereocenters. The number of carbonyl (C=O) groups is 1. The van der Waals surface area contributed by atoms with Gasteiger partial charge in [-0.25, -0.2) is 4.98 Å². The van der Waals surface area contributed by atoms with Crippen molar-refractivity contribution < 1.29 is 4.79 Å². The molecule has 0 aliphatic heterocycles. The number of rotatable bonds is 4. The van der Waals surface area contributed by atoms with Crippen molar-refractivity contribution in [2.75, 3.05) is 11.9 Å². The molecular formula is C12H16BrN3O. The molecule has 1 aromatic rings. The number of pyridine rings is 1. The fourth-order valence-electron chi connectivity index (χ4n) is 1.57. The van der Waals surface area contributed by atoms with E-state index in [0.29, 0.717) is 11.4 Å². The van der Waals surface area contributed by atoms with Gasteiger partial charge in [0.1, 0.15) is 5.82 Å². The van der Waals surface area contributed by atoms with Crippen LogP contribution in [0.1, 0.15) is 37.0 Å². The largest absolute Gasteiger partial charge is 0.370 e. The van der Waals surface area contributed by atoms with Crippen LogP contribution in [0.2, 0.25) is 0 Å². The van der Waals surface area contributed by atoms with Crippen molar-refractivity contribution in [2.45, 2.75) is 32.2 Å². The molecule has 1 heterocycles. The van der Waals surface area contributed by atoms with Crippen LogP contribution in [0.3, 0.4) is 0 Å². The second-order valence-corrected chi connectivity index (χ2v) is 5.51. The van der Waals surface area contributed by atoms with Crippen LogP contribution in [-0.2, 0) is 0 Å². The van der Waals surface area contributed by atoms with Gasteiger partial charge in [0.15, 0.2) is 0 Å². The predicted molar refractivity (Wildman–Crippen MR) is 71.2 cm³/mol. The van der Waals surface area contributed by atoms with E-state index in [1.54, 1.807) is 12.3 Å². The van der Waals surface area contributed by atoms with E-state index >= 15 is 0 Å². The molecule has 2 rings (SSSR count). The van der Waals surface area contributed by atoms with Crippen LogP contribution in [0.4, 0.5) is 5.82 Å². The average Bonchev–Trinajstić information content (AvgIpc) is 2.99. The summed E-state index contributed by atoms with van der Waals surface area (Å²) in [6, 6.07) is 1.80. The predicted octanol–water partition coefficient (Wildman–Crippen LogP) is 2.56. The molecule has 0 saturated heterocycles. The third kappa shape index (κ3) is 2.97. The smallest absolute Gasteiger partial charge is 0.255 e. The van der Waals surface area contributed by atoms with Gasteiger partial charge in [-0.1, -0.05) is 0 Å². The topological polar surface area (TPSA) is 54.0 Å². The number of aromatic nitrogens is 1. The highest BCUT2D eigenvalue weighted by molar-refractivity contribution is 9.10. The third-order valence-electron chi connectivity index (χ3n) is 2.86. The van der Waals surface area contributed by atoms with Crippen molar-refractivity contribution in [3.63, 3.8) is 0 Å². The summed E-state index contributed by atoms with van der Waals surface area (Å²) in [5, 5.41) is 6.13. The van der Waals surface area contributed by atoms with Crippen molar-refractivity contribution in [3.05, 3.63) is 22.3 Å². The first-order valence-electron chi connectivity index (χ1n) is 5.76. The maximum atomic E-state index is 12.1. The SMILES string of the molecule is CCNc1ncc(Br)cc1C(=O)NC1(C)CC1. The minimum absolute atomic E-state index is 0.0110. The second-order valence-electron chi connectivity index (χ2n) is 4.59. The van der Waals surface area contributed by atoms with Crippen LogP contribution in [0, 0.1) is 0 Å². The van der Waals surface area contributed by atoms with Crippen LogP contribution >= 0.6 is 15.9 Å². The van der Waals surface area contributed by atoms with E-state index in [1.807, 2.05) is 6.92 Å². The highest BCUT2D eigenvalue weighted by Crippen LogP contribution is 2.34. The number of hydrogen-bond acceptors (Lipinski definition) is 3. The molecule has 1 aliphatic carbocycles. The second kappa shape index (κ2) is 4.64. The molecule has 5 heteroatoms. The number of hydrogen-bond donors (Lipinski definition) is 2. The van der Waals surface area contributed by atoms with Gasteiger partial charge in [0, 0.05) is 22.8 Å². The molecule has 1 fully saturated rings. The van der Waals surface area contributed by atoms with Crippen LogP contribution in [0.15, 0.2) is 16.7 Å². The van der Waals surface area contributed by atoms with Gasteiger partial charge in [-0.2, -0.15) is 0 Å². The van der Waals surface area contributed by atoms with Gasteiger partial charge in [0.25, 0.3) is 5.91 Å². The molecule has 2 N–H and O–H groups in total. The number of amides is 1. The van der Waals surface area contributed by atoms with E-state index in [1.165, 1.54) is 0 Å². The van der Waals surface area contributed by atoms with Crippen molar-refractivity contribution in [3.8, 4) is 0 Å². The maximum absolute atomic E-state index is 12.1. The Balaban J connectivity index is 2.22. The van der Waals surface area contributed by atoms with Crippen LogP contribution in [0.25, 0.3) is 0 Å². The summed E-state index contributed by atoms with van der Waals surface area (Å²) in [6.45, 7) is 4.78. The first-order chi connectivity index (χ1) is 8.04. The van der Waals surface area contributed by atoms with Crippen molar-refractivity contribution in [1.82, 2.24) is 10.3 Å². The molecule has 1 aliphatic rings. The van der Waals surface area contributed by atoms with Crippen molar-refractivity contribution in [1.29, 1.82) is 0 Å². The lowest BCUT2D eigenvalue weighted by Gasteiger charge is -2.14. The molecule has 0 bridgehead atoms. The van der Waals surface area contributed by atoms with Gasteiger partial charge in [-0.3, -0.25) is 4.79 Å². The average molecular weight is 298 g/mol. The van der Waals surface area contributed by atoms with E-state index in [-0.39, 0.29) is 11.4 Å². The lowest BCUT2D eigenvalue weighted by molar-refractivity contribution is 0.0936. The first kappa shape index (κ1) is 12.4. The molecule has 17 heavy (non-hydrogen) atoms. The standard InChI is InChI=1S/C12H16BrN3O/c1-3-14-10-9(6-8(13)7-15-10)11(17)16-12(2)4-5-12/h6-7H,3-5H2,1-2H3,(H,14,15)(H,16,17). The summed E-state index contributed by atoms with van der Waals surface area (Å²) >= 11 is 3.34. The summed E-state index contributed by atoms with van der Waals surface area (Å²) in [6.07, 6.45) is 3.79. The monoisotopic (exact) mass is 297 g/mol.